The Morgan fingerprint density at radius 2 is 2.05 bits per heavy atom. The van der Waals surface area contributed by atoms with Crippen LogP contribution in [0.2, 0.25) is 0 Å². The summed E-state index contributed by atoms with van der Waals surface area (Å²) in [4.78, 5) is 0. The summed E-state index contributed by atoms with van der Waals surface area (Å²) < 4.78 is 16.6. The molecule has 0 amide bonds. The topological polar surface area (TPSA) is 39.7 Å². The van der Waals surface area contributed by atoms with Gasteiger partial charge in [-0.05, 0) is 32.8 Å². The summed E-state index contributed by atoms with van der Waals surface area (Å²) in [5.74, 6) is 1.64. The highest BCUT2D eigenvalue weighted by molar-refractivity contribution is 5.46. The number of hydrogen-bond donors (Lipinski definition) is 1. The van der Waals surface area contributed by atoms with Crippen LogP contribution in [0.4, 0.5) is 0 Å². The molecule has 0 atom stereocenters. The van der Waals surface area contributed by atoms with Crippen molar-refractivity contribution in [2.45, 2.75) is 38.8 Å². The molecule has 1 aliphatic heterocycles. The van der Waals surface area contributed by atoms with E-state index in [-0.39, 0.29) is 5.54 Å². The van der Waals surface area contributed by atoms with Crippen LogP contribution in [0.1, 0.15) is 32.3 Å². The minimum Gasteiger partial charge on any atom is -0.493 e. The Morgan fingerprint density at radius 1 is 1.30 bits per heavy atom. The number of ether oxygens (including phenoxy) is 3. The summed E-state index contributed by atoms with van der Waals surface area (Å²) in [6.45, 7) is 7.32. The highest BCUT2D eigenvalue weighted by Crippen LogP contribution is 2.31. The van der Waals surface area contributed by atoms with Crippen molar-refractivity contribution in [3.05, 3.63) is 23.8 Å². The quantitative estimate of drug-likeness (QED) is 0.869. The first-order chi connectivity index (χ1) is 9.68. The highest BCUT2D eigenvalue weighted by Gasteiger charge is 2.26. The van der Waals surface area contributed by atoms with Crippen LogP contribution in [-0.4, -0.2) is 32.5 Å². The molecule has 0 aliphatic carbocycles. The molecule has 0 radical (unpaired) electrons. The van der Waals surface area contributed by atoms with Gasteiger partial charge in [0.15, 0.2) is 11.5 Å². The van der Waals surface area contributed by atoms with Crippen LogP contribution in [0.3, 0.4) is 0 Å². The predicted molar refractivity (Wildman–Crippen MR) is 79.5 cm³/mol. The van der Waals surface area contributed by atoms with E-state index in [1.54, 1.807) is 7.11 Å². The van der Waals surface area contributed by atoms with Gasteiger partial charge in [-0.1, -0.05) is 12.1 Å². The maximum atomic E-state index is 5.61. The Balaban J connectivity index is 2.06. The van der Waals surface area contributed by atoms with E-state index < -0.39 is 0 Å². The van der Waals surface area contributed by atoms with Crippen LogP contribution in [0.25, 0.3) is 0 Å². The predicted octanol–water partition coefficient (Wildman–Crippen LogP) is 2.75. The second-order valence-electron chi connectivity index (χ2n) is 5.41. The molecular formula is C16H25NO3. The van der Waals surface area contributed by atoms with E-state index in [0.29, 0.717) is 6.61 Å². The van der Waals surface area contributed by atoms with Crippen molar-refractivity contribution in [3.8, 4) is 11.5 Å². The average Bonchev–Trinajstić information content (AvgIpc) is 2.46. The number of hydrogen-bond acceptors (Lipinski definition) is 4. The molecule has 4 heteroatoms. The molecule has 1 aliphatic rings. The maximum absolute atomic E-state index is 5.61. The third-order valence-corrected chi connectivity index (χ3v) is 3.87. The van der Waals surface area contributed by atoms with E-state index in [9.17, 15) is 0 Å². The maximum Gasteiger partial charge on any atom is 0.165 e. The second-order valence-corrected chi connectivity index (χ2v) is 5.41. The van der Waals surface area contributed by atoms with Crippen molar-refractivity contribution in [1.82, 2.24) is 5.32 Å². The summed E-state index contributed by atoms with van der Waals surface area (Å²) in [5.41, 5.74) is 1.27. The van der Waals surface area contributed by atoms with Crippen molar-refractivity contribution in [1.29, 1.82) is 0 Å². The lowest BCUT2D eigenvalue weighted by molar-refractivity contribution is 0.0445. The number of nitrogens with one attached hydrogen (secondary N) is 1. The first-order valence-electron chi connectivity index (χ1n) is 7.30. The van der Waals surface area contributed by atoms with Gasteiger partial charge < -0.3 is 19.5 Å². The smallest absolute Gasteiger partial charge is 0.165 e. The van der Waals surface area contributed by atoms with E-state index in [2.05, 4.69) is 18.3 Å². The number of methoxy groups -OCH3 is 1. The summed E-state index contributed by atoms with van der Waals surface area (Å²) in [6.07, 6.45) is 2.08. The van der Waals surface area contributed by atoms with Gasteiger partial charge >= 0.3 is 0 Å². The highest BCUT2D eigenvalue weighted by atomic mass is 16.5. The summed E-state index contributed by atoms with van der Waals surface area (Å²) in [6, 6.07) is 6.04. The average molecular weight is 279 g/mol. The molecule has 0 bridgehead atoms. The van der Waals surface area contributed by atoms with Crippen LogP contribution < -0.4 is 14.8 Å². The van der Waals surface area contributed by atoms with Gasteiger partial charge in [0.05, 0.1) is 13.7 Å². The van der Waals surface area contributed by atoms with Crippen molar-refractivity contribution in [2.75, 3.05) is 26.9 Å². The summed E-state index contributed by atoms with van der Waals surface area (Å²) >= 11 is 0. The Kier molecular flexibility index (Phi) is 5.26. The fourth-order valence-electron chi connectivity index (χ4n) is 2.51. The van der Waals surface area contributed by atoms with Gasteiger partial charge in [0.2, 0.25) is 0 Å². The molecule has 0 unspecified atom stereocenters. The monoisotopic (exact) mass is 279 g/mol. The Hall–Kier alpha value is -1.26. The molecular weight excluding hydrogens is 254 g/mol. The fourth-order valence-corrected chi connectivity index (χ4v) is 2.51. The largest absolute Gasteiger partial charge is 0.493 e. The lowest BCUT2D eigenvalue weighted by Gasteiger charge is -2.35. The van der Waals surface area contributed by atoms with Crippen molar-refractivity contribution in [2.24, 2.45) is 0 Å². The first kappa shape index (κ1) is 15.1. The SMILES string of the molecule is CCOc1cccc(CNC2(C)CCOCC2)c1OC. The molecule has 20 heavy (non-hydrogen) atoms. The zero-order valence-corrected chi connectivity index (χ0v) is 12.7. The van der Waals surface area contributed by atoms with Crippen molar-refractivity contribution < 1.29 is 14.2 Å². The molecule has 1 heterocycles. The fraction of sp³-hybridized carbons (Fsp3) is 0.625. The van der Waals surface area contributed by atoms with Crippen LogP contribution >= 0.6 is 0 Å². The summed E-state index contributed by atoms with van der Waals surface area (Å²) in [5, 5.41) is 3.64. The third kappa shape index (κ3) is 3.64. The van der Waals surface area contributed by atoms with E-state index in [1.807, 2.05) is 19.1 Å². The van der Waals surface area contributed by atoms with Gasteiger partial charge in [-0.15, -0.1) is 0 Å². The molecule has 0 aromatic heterocycles. The standard InChI is InChI=1S/C16H25NO3/c1-4-20-14-7-5-6-13(15(14)18-3)12-17-16(2)8-10-19-11-9-16/h5-7,17H,4,8-12H2,1-3H3. The third-order valence-electron chi connectivity index (χ3n) is 3.87. The zero-order valence-electron chi connectivity index (χ0n) is 12.7. The molecule has 1 N–H and O–H groups in total. The second kappa shape index (κ2) is 6.95. The molecule has 4 nitrogen and oxygen atoms in total. The lowest BCUT2D eigenvalue weighted by Crippen LogP contribution is -2.46. The van der Waals surface area contributed by atoms with Gasteiger partial charge in [0.25, 0.3) is 0 Å². The van der Waals surface area contributed by atoms with Crippen LogP contribution in [0.5, 0.6) is 11.5 Å². The van der Waals surface area contributed by atoms with Gasteiger partial charge in [-0.2, -0.15) is 0 Å². The minimum absolute atomic E-state index is 0.144. The van der Waals surface area contributed by atoms with Crippen LogP contribution in [-0.2, 0) is 11.3 Å². The molecule has 112 valence electrons. The molecule has 1 fully saturated rings. The van der Waals surface area contributed by atoms with Gasteiger partial charge in [0, 0.05) is 30.9 Å². The Labute approximate surface area is 121 Å². The van der Waals surface area contributed by atoms with E-state index in [0.717, 1.165) is 49.7 Å². The molecule has 1 aromatic rings. The van der Waals surface area contributed by atoms with Crippen molar-refractivity contribution in [3.63, 3.8) is 0 Å². The first-order valence-corrected chi connectivity index (χ1v) is 7.30. The van der Waals surface area contributed by atoms with Crippen molar-refractivity contribution >= 4 is 0 Å². The normalized spacial score (nSPS) is 17.8. The Morgan fingerprint density at radius 3 is 2.70 bits per heavy atom. The number of rotatable bonds is 6. The van der Waals surface area contributed by atoms with Gasteiger partial charge in [-0.3, -0.25) is 0 Å². The summed E-state index contributed by atoms with van der Waals surface area (Å²) in [7, 11) is 1.69. The van der Waals surface area contributed by atoms with E-state index >= 15 is 0 Å². The molecule has 0 saturated carbocycles. The molecule has 1 aromatic carbocycles. The van der Waals surface area contributed by atoms with Gasteiger partial charge in [-0.25, -0.2) is 0 Å². The van der Waals surface area contributed by atoms with E-state index in [1.165, 1.54) is 0 Å². The zero-order chi connectivity index (χ0) is 14.4. The van der Waals surface area contributed by atoms with Crippen LogP contribution in [0, 0.1) is 0 Å². The lowest BCUT2D eigenvalue weighted by atomic mass is 9.92. The molecule has 2 rings (SSSR count). The number of para-hydroxylation sites is 1. The number of benzene rings is 1. The van der Waals surface area contributed by atoms with Crippen LogP contribution in [0.15, 0.2) is 18.2 Å². The molecule has 0 spiro atoms. The van der Waals surface area contributed by atoms with Gasteiger partial charge in [0.1, 0.15) is 0 Å². The minimum atomic E-state index is 0.144. The molecule has 1 saturated heterocycles. The Bertz CT molecular complexity index is 428. The van der Waals surface area contributed by atoms with E-state index in [4.69, 9.17) is 14.2 Å².